The molecule has 0 saturated heterocycles. The zero-order valence-electron chi connectivity index (χ0n) is 9.58. The summed E-state index contributed by atoms with van der Waals surface area (Å²) < 4.78 is 0. The van der Waals surface area contributed by atoms with Gasteiger partial charge in [0, 0.05) is 16.7 Å². The molecule has 0 bridgehead atoms. The lowest BCUT2D eigenvalue weighted by Gasteiger charge is -1.95. The molecule has 2 aromatic rings. The monoisotopic (exact) mass is 264 g/mol. The minimum absolute atomic E-state index is 0.447. The Balaban J connectivity index is 2.24. The number of carbonyl (C=O) groups excluding carboxylic acids is 1. The first-order chi connectivity index (χ1) is 8.20. The minimum atomic E-state index is 0.447. The molecule has 0 spiro atoms. The molecule has 2 aromatic heterocycles. The molecule has 0 radical (unpaired) electrons. The number of allylic oxidation sites excluding steroid dienone is 1. The molecule has 0 saturated carbocycles. The van der Waals surface area contributed by atoms with Crippen molar-refractivity contribution in [3.8, 4) is 10.7 Å². The first kappa shape index (κ1) is 12.1. The van der Waals surface area contributed by atoms with Gasteiger partial charge in [-0.25, -0.2) is 9.97 Å². The normalized spacial score (nSPS) is 11.5. The Hall–Kier alpha value is -1.33. The number of hydrogen-bond donors (Lipinski definition) is 0. The third kappa shape index (κ3) is 2.87. The molecule has 0 aliphatic heterocycles. The van der Waals surface area contributed by atoms with Gasteiger partial charge < -0.3 is 0 Å². The fraction of sp³-hybridized carbons (Fsp3) is 0.250. The summed E-state index contributed by atoms with van der Waals surface area (Å²) in [6.07, 6.45) is 3.89. The molecule has 17 heavy (non-hydrogen) atoms. The van der Waals surface area contributed by atoms with Gasteiger partial charge in [-0.05, 0) is 12.2 Å². The largest absolute Gasteiger partial charge is 0.299 e. The number of aldehydes is 1. The van der Waals surface area contributed by atoms with Crippen LogP contribution in [-0.2, 0) is 4.79 Å². The molecule has 5 heteroatoms. The maximum Gasteiger partial charge on any atom is 0.143 e. The molecular formula is C12H12N2OS2. The lowest BCUT2D eigenvalue weighted by Crippen LogP contribution is -1.85. The number of rotatable bonds is 4. The van der Waals surface area contributed by atoms with Crippen molar-refractivity contribution in [1.29, 1.82) is 0 Å². The molecule has 0 aliphatic rings. The van der Waals surface area contributed by atoms with E-state index in [0.717, 1.165) is 27.7 Å². The van der Waals surface area contributed by atoms with E-state index in [1.54, 1.807) is 28.7 Å². The second kappa shape index (κ2) is 5.33. The average Bonchev–Trinajstić information content (AvgIpc) is 2.94. The van der Waals surface area contributed by atoms with E-state index < -0.39 is 0 Å². The number of aromatic nitrogens is 2. The van der Waals surface area contributed by atoms with E-state index in [-0.39, 0.29) is 0 Å². The lowest BCUT2D eigenvalue weighted by molar-refractivity contribution is -0.104. The Morgan fingerprint density at radius 1 is 1.24 bits per heavy atom. The van der Waals surface area contributed by atoms with E-state index in [4.69, 9.17) is 0 Å². The highest BCUT2D eigenvalue weighted by Gasteiger charge is 2.10. The standard InChI is InChI=1S/C12H12N2OS2/c1-8(2)11-14-10(7-17-11)12-13-9(6-16-12)4-3-5-15/h3-8H,1-2H3/b4-3+. The van der Waals surface area contributed by atoms with Crippen molar-refractivity contribution in [2.75, 3.05) is 0 Å². The van der Waals surface area contributed by atoms with Crippen LogP contribution in [0.25, 0.3) is 16.8 Å². The summed E-state index contributed by atoms with van der Waals surface area (Å²) >= 11 is 3.20. The summed E-state index contributed by atoms with van der Waals surface area (Å²) in [5.74, 6) is 0.447. The van der Waals surface area contributed by atoms with E-state index in [9.17, 15) is 4.79 Å². The summed E-state index contributed by atoms with van der Waals surface area (Å²) in [6.45, 7) is 4.26. The molecule has 0 unspecified atom stereocenters. The molecule has 0 fully saturated rings. The second-order valence-electron chi connectivity index (χ2n) is 3.80. The van der Waals surface area contributed by atoms with Crippen LogP contribution >= 0.6 is 22.7 Å². The number of thiazole rings is 2. The molecule has 0 N–H and O–H groups in total. The van der Waals surface area contributed by atoms with Gasteiger partial charge in [-0.2, -0.15) is 0 Å². The molecule has 0 aromatic carbocycles. The predicted octanol–water partition coefficient (Wildman–Crippen LogP) is 3.60. The summed E-state index contributed by atoms with van der Waals surface area (Å²) in [5.41, 5.74) is 1.73. The van der Waals surface area contributed by atoms with Crippen LogP contribution in [0, 0.1) is 0 Å². The van der Waals surface area contributed by atoms with Crippen molar-refractivity contribution in [1.82, 2.24) is 9.97 Å². The number of nitrogens with zero attached hydrogens (tertiary/aromatic N) is 2. The van der Waals surface area contributed by atoms with Gasteiger partial charge in [0.05, 0.1) is 10.7 Å². The topological polar surface area (TPSA) is 42.9 Å². The third-order valence-corrected chi connectivity index (χ3v) is 4.13. The van der Waals surface area contributed by atoms with Gasteiger partial charge in [0.1, 0.15) is 17.0 Å². The van der Waals surface area contributed by atoms with Gasteiger partial charge in [0.15, 0.2) is 0 Å². The molecule has 2 heterocycles. The minimum Gasteiger partial charge on any atom is -0.299 e. The molecule has 0 atom stereocenters. The smallest absolute Gasteiger partial charge is 0.143 e. The van der Waals surface area contributed by atoms with Gasteiger partial charge in [-0.1, -0.05) is 13.8 Å². The average molecular weight is 264 g/mol. The fourth-order valence-electron chi connectivity index (χ4n) is 1.27. The highest BCUT2D eigenvalue weighted by molar-refractivity contribution is 7.14. The van der Waals surface area contributed by atoms with Gasteiger partial charge >= 0.3 is 0 Å². The Kier molecular flexibility index (Phi) is 3.81. The fourth-order valence-corrected chi connectivity index (χ4v) is 2.91. The molecule has 0 aliphatic carbocycles. The third-order valence-electron chi connectivity index (χ3n) is 2.10. The van der Waals surface area contributed by atoms with Gasteiger partial charge in [-0.3, -0.25) is 4.79 Å². The van der Waals surface area contributed by atoms with E-state index in [2.05, 4.69) is 23.8 Å². The second-order valence-corrected chi connectivity index (χ2v) is 5.55. The molecule has 3 nitrogen and oxygen atoms in total. The predicted molar refractivity (Wildman–Crippen MR) is 72.4 cm³/mol. The van der Waals surface area contributed by atoms with Crippen molar-refractivity contribution in [3.05, 3.63) is 27.5 Å². The zero-order valence-corrected chi connectivity index (χ0v) is 11.2. The van der Waals surface area contributed by atoms with Crippen LogP contribution in [0.4, 0.5) is 0 Å². The van der Waals surface area contributed by atoms with Crippen LogP contribution in [0.1, 0.15) is 30.5 Å². The number of carbonyl (C=O) groups is 1. The van der Waals surface area contributed by atoms with Crippen LogP contribution in [0.5, 0.6) is 0 Å². The summed E-state index contributed by atoms with van der Waals surface area (Å²) in [7, 11) is 0. The molecule has 0 amide bonds. The van der Waals surface area contributed by atoms with Gasteiger partial charge in [0.2, 0.25) is 0 Å². The van der Waals surface area contributed by atoms with E-state index >= 15 is 0 Å². The maximum absolute atomic E-state index is 10.2. The van der Waals surface area contributed by atoms with Crippen molar-refractivity contribution >= 4 is 35.0 Å². The zero-order chi connectivity index (χ0) is 12.3. The van der Waals surface area contributed by atoms with E-state index in [1.165, 1.54) is 6.08 Å². The first-order valence-electron chi connectivity index (χ1n) is 5.24. The summed E-state index contributed by atoms with van der Waals surface area (Å²) in [5, 5.41) is 5.98. The van der Waals surface area contributed by atoms with Crippen LogP contribution in [0.3, 0.4) is 0 Å². The van der Waals surface area contributed by atoms with E-state index in [1.807, 2.05) is 10.8 Å². The first-order valence-corrected chi connectivity index (χ1v) is 7.00. The van der Waals surface area contributed by atoms with Crippen molar-refractivity contribution in [2.24, 2.45) is 0 Å². The highest BCUT2D eigenvalue weighted by Crippen LogP contribution is 2.28. The van der Waals surface area contributed by atoms with Gasteiger partial charge in [-0.15, -0.1) is 22.7 Å². The van der Waals surface area contributed by atoms with Gasteiger partial charge in [0.25, 0.3) is 0 Å². The highest BCUT2D eigenvalue weighted by atomic mass is 32.1. The summed E-state index contributed by atoms with van der Waals surface area (Å²) in [4.78, 5) is 19.2. The SMILES string of the molecule is CC(C)c1nc(-c2nc(/C=C/C=O)cs2)cs1. The van der Waals surface area contributed by atoms with Crippen LogP contribution in [0.2, 0.25) is 0 Å². The molecule has 88 valence electrons. The van der Waals surface area contributed by atoms with Crippen molar-refractivity contribution < 1.29 is 4.79 Å². The number of hydrogen-bond acceptors (Lipinski definition) is 5. The molecular weight excluding hydrogens is 252 g/mol. The lowest BCUT2D eigenvalue weighted by atomic mass is 10.2. The van der Waals surface area contributed by atoms with Crippen molar-refractivity contribution in [2.45, 2.75) is 19.8 Å². The van der Waals surface area contributed by atoms with Crippen LogP contribution < -0.4 is 0 Å². The van der Waals surface area contributed by atoms with Crippen LogP contribution in [-0.4, -0.2) is 16.3 Å². The molecule has 2 rings (SSSR count). The van der Waals surface area contributed by atoms with Crippen LogP contribution in [0.15, 0.2) is 16.8 Å². The Morgan fingerprint density at radius 3 is 2.71 bits per heavy atom. The Bertz CT molecular complexity index is 540. The maximum atomic E-state index is 10.2. The van der Waals surface area contributed by atoms with E-state index in [0.29, 0.717) is 5.92 Å². The quantitative estimate of drug-likeness (QED) is 0.626. The Morgan fingerprint density at radius 2 is 2.06 bits per heavy atom. The summed E-state index contributed by atoms with van der Waals surface area (Å²) in [6, 6.07) is 0. The Labute approximate surface area is 108 Å². The van der Waals surface area contributed by atoms with Crippen molar-refractivity contribution in [3.63, 3.8) is 0 Å².